The number of aliphatic hydroxyl groups is 2. The number of rotatable bonds is 7. The molecule has 5 aromatic rings. The topological polar surface area (TPSA) is 169 Å². The predicted octanol–water partition coefficient (Wildman–Crippen LogP) is 9.29. The Bertz CT molecular complexity index is 3180. The molecular weight excluding hydrogens is 921 g/mol. The Hall–Kier alpha value is -5.89. The van der Waals surface area contributed by atoms with Crippen molar-refractivity contribution >= 4 is 46.2 Å². The second-order valence-corrected chi connectivity index (χ2v) is 24.2. The number of anilines is 1. The summed E-state index contributed by atoms with van der Waals surface area (Å²) in [5.74, 6) is 14.5. The summed E-state index contributed by atoms with van der Waals surface area (Å²) in [4.78, 5) is 32.1. The Balaban J connectivity index is 1.10. The highest BCUT2D eigenvalue weighted by Gasteiger charge is 2.71. The van der Waals surface area contributed by atoms with Crippen molar-refractivity contribution in [1.82, 2.24) is 15.3 Å². The maximum atomic E-state index is 15.8. The third-order valence-electron chi connectivity index (χ3n) is 18.4. The fourth-order valence-electron chi connectivity index (χ4n) is 15.4. The summed E-state index contributed by atoms with van der Waals surface area (Å²) in [5, 5.41) is 43.8. The molecule has 8 N–H and O–H groups in total. The smallest absolute Gasteiger partial charge is 0.188 e. The summed E-state index contributed by atoms with van der Waals surface area (Å²) in [7, 11) is 1.70. The van der Waals surface area contributed by atoms with Crippen molar-refractivity contribution in [2.45, 2.75) is 102 Å². The molecule has 3 fully saturated rings. The number of allylic oxidation sites excluding steroid dienone is 1. The average molecular weight is 983 g/mol. The van der Waals surface area contributed by atoms with E-state index >= 15 is 4.79 Å². The first-order valence-electron chi connectivity index (χ1n) is 25.5. The number of imidazole rings is 1. The Kier molecular flexibility index (Phi) is 11.3. The number of carbonyl (C=O) groups excluding carboxylic acids is 1. The highest BCUT2D eigenvalue weighted by Crippen LogP contribution is 2.76. The number of phenolic OH excluding ortho intramolecular Hbond substituents is 1. The molecule has 12 rings (SSSR count). The van der Waals surface area contributed by atoms with Gasteiger partial charge in [0.2, 0.25) is 0 Å². The van der Waals surface area contributed by atoms with Crippen LogP contribution in [0.15, 0.2) is 84.3 Å². The molecule has 3 saturated carbocycles. The van der Waals surface area contributed by atoms with Crippen LogP contribution in [0.25, 0.3) is 15.8 Å². The number of aromatic amines is 1. The number of aliphatic imine (C=N–C) groups is 1. The first kappa shape index (κ1) is 46.2. The third kappa shape index (κ3) is 7.46. The molecule has 11 unspecified atom stereocenters. The number of fused-ring (bicyclic) bond motifs is 6. The number of aromatic nitrogens is 2. The van der Waals surface area contributed by atoms with Gasteiger partial charge in [0.25, 0.3) is 0 Å². The molecule has 0 amide bonds. The molecule has 5 aliphatic carbocycles. The van der Waals surface area contributed by atoms with E-state index in [-0.39, 0.29) is 59.2 Å². The molecule has 11 atom stereocenters. The second kappa shape index (κ2) is 17.4. The minimum atomic E-state index is -1.24. The number of H-pyrrole nitrogens is 1. The summed E-state index contributed by atoms with van der Waals surface area (Å²) in [6.07, 6.45) is 20.6. The van der Waals surface area contributed by atoms with Crippen LogP contribution in [0.2, 0.25) is 0 Å². The molecule has 3 aromatic heterocycles. The minimum Gasteiger partial charge on any atom is -0.507 e. The van der Waals surface area contributed by atoms with Crippen molar-refractivity contribution in [1.29, 1.82) is 0 Å². The fourth-order valence-corrected chi connectivity index (χ4v) is 17.4. The molecule has 0 saturated heterocycles. The molecule has 9 bridgehead atoms. The Morgan fingerprint density at radius 2 is 1.89 bits per heavy atom. The normalized spacial score (nSPS) is 32.9. The van der Waals surface area contributed by atoms with E-state index in [4.69, 9.17) is 5.73 Å². The van der Waals surface area contributed by atoms with Crippen molar-refractivity contribution in [2.24, 2.45) is 56.6 Å². The number of guanidine groups is 1. The van der Waals surface area contributed by atoms with Gasteiger partial charge in [0.05, 0.1) is 39.0 Å². The first-order valence-corrected chi connectivity index (χ1v) is 27.1. The molecule has 2 aromatic carbocycles. The number of hydrogen-bond donors (Lipinski definition) is 7. The first-order chi connectivity index (χ1) is 34.4. The molecule has 7 aliphatic rings. The Labute approximate surface area is 424 Å². The van der Waals surface area contributed by atoms with Gasteiger partial charge in [-0.15, -0.1) is 28.6 Å². The lowest BCUT2D eigenvalue weighted by Gasteiger charge is -2.58. The quantitative estimate of drug-likeness (QED) is 0.0279. The minimum absolute atomic E-state index is 0.00223. The zero-order valence-corrected chi connectivity index (χ0v) is 42.3. The van der Waals surface area contributed by atoms with E-state index in [0.29, 0.717) is 43.6 Å². The number of Topliss-reactive ketones (excluding diaryl/α,β-unsaturated/α-hetero) is 1. The molecule has 5 heterocycles. The van der Waals surface area contributed by atoms with E-state index in [1.54, 1.807) is 36.0 Å². The predicted molar refractivity (Wildman–Crippen MR) is 283 cm³/mol. The lowest BCUT2D eigenvalue weighted by Crippen LogP contribution is -2.59. The van der Waals surface area contributed by atoms with Gasteiger partial charge in [-0.05, 0) is 146 Å². The van der Waals surface area contributed by atoms with E-state index in [1.165, 1.54) is 5.56 Å². The number of nitrogens with one attached hydrogen (secondary N) is 3. The third-order valence-corrected chi connectivity index (χ3v) is 20.7. The molecule has 3 spiro atoms. The molecule has 0 radical (unpaired) electrons. The Morgan fingerprint density at radius 3 is 2.70 bits per heavy atom. The fraction of sp³-hybridized carbons (Fsp3) is 0.441. The summed E-state index contributed by atoms with van der Waals surface area (Å²) < 4.78 is 0. The van der Waals surface area contributed by atoms with E-state index in [0.717, 1.165) is 91.7 Å². The van der Waals surface area contributed by atoms with Gasteiger partial charge in [0.15, 0.2) is 11.7 Å². The highest BCUT2D eigenvalue weighted by molar-refractivity contribution is 7.23. The van der Waals surface area contributed by atoms with Gasteiger partial charge in [-0.1, -0.05) is 66.7 Å². The van der Waals surface area contributed by atoms with Crippen LogP contribution < -0.4 is 16.4 Å². The van der Waals surface area contributed by atoms with E-state index < -0.39 is 22.5 Å². The number of thiophene rings is 2. The van der Waals surface area contributed by atoms with Crippen molar-refractivity contribution in [3.63, 3.8) is 0 Å². The van der Waals surface area contributed by atoms with E-state index in [2.05, 4.69) is 104 Å². The lowest BCUT2D eigenvalue weighted by atomic mass is 9.47. The van der Waals surface area contributed by atoms with Crippen molar-refractivity contribution in [3.05, 3.63) is 128 Å². The van der Waals surface area contributed by atoms with Gasteiger partial charge >= 0.3 is 0 Å². The number of aliphatic hydroxyl groups excluding tert-OH is 1. The van der Waals surface area contributed by atoms with Crippen LogP contribution in [0.4, 0.5) is 5.69 Å². The monoisotopic (exact) mass is 982 g/mol. The zero-order chi connectivity index (χ0) is 48.9. The van der Waals surface area contributed by atoms with E-state index in [9.17, 15) is 15.3 Å². The van der Waals surface area contributed by atoms with Gasteiger partial charge in [0, 0.05) is 77.0 Å². The summed E-state index contributed by atoms with van der Waals surface area (Å²) >= 11 is 3.26. The molecule has 364 valence electrons. The van der Waals surface area contributed by atoms with Crippen molar-refractivity contribution < 1.29 is 20.1 Å². The maximum absolute atomic E-state index is 15.8. The molecule has 10 nitrogen and oxygen atoms in total. The summed E-state index contributed by atoms with van der Waals surface area (Å²) in [5.41, 5.74) is 11.8. The number of carbonyl (C=O) groups is 1. The number of hydrogen-bond acceptors (Lipinski definition) is 9. The number of benzene rings is 2. The van der Waals surface area contributed by atoms with Gasteiger partial charge in [-0.2, -0.15) is 0 Å². The van der Waals surface area contributed by atoms with Gasteiger partial charge in [-0.25, -0.2) is 4.98 Å². The van der Waals surface area contributed by atoms with Crippen LogP contribution in [0.3, 0.4) is 0 Å². The number of nitrogens with zero attached hydrogens (tertiary/aromatic N) is 2. The van der Waals surface area contributed by atoms with Crippen molar-refractivity contribution in [3.8, 4) is 39.2 Å². The summed E-state index contributed by atoms with van der Waals surface area (Å²) in [6.45, 7) is 3.84. The van der Waals surface area contributed by atoms with Crippen LogP contribution >= 0.6 is 22.7 Å². The van der Waals surface area contributed by atoms with Crippen LogP contribution in [0, 0.1) is 69.5 Å². The summed E-state index contributed by atoms with van der Waals surface area (Å²) in [6, 6.07) is 16.0. The van der Waals surface area contributed by atoms with Crippen LogP contribution in [0.5, 0.6) is 5.75 Å². The van der Waals surface area contributed by atoms with E-state index in [1.807, 2.05) is 38.3 Å². The zero-order valence-electron chi connectivity index (χ0n) is 40.6. The molecular formula is C59H62N6O4S2. The SMILES string of the molecule is CC#Cc1ccc(-c2ccc(C(=O)C3CCC45C=CC6C(C7C#Cc8c(cc(O)c9c8NC(C=C9)C(C)(O)Cc8cccc(c8Cc8cnc[nH]8)C7)CC4NC(N)=NC)C4(CCCC4CO)CC36C5)s2)s1. The Morgan fingerprint density at radius 1 is 1.04 bits per heavy atom. The van der Waals surface area contributed by atoms with Gasteiger partial charge in [-0.3, -0.25) is 9.79 Å². The van der Waals surface area contributed by atoms with Crippen molar-refractivity contribution in [2.75, 3.05) is 19.0 Å². The van der Waals surface area contributed by atoms with Crippen LogP contribution in [-0.4, -0.2) is 68.4 Å². The van der Waals surface area contributed by atoms with Gasteiger partial charge in [0.1, 0.15) is 5.75 Å². The molecule has 2 aliphatic heterocycles. The maximum Gasteiger partial charge on any atom is 0.188 e. The molecule has 12 heteroatoms. The largest absolute Gasteiger partial charge is 0.507 e. The highest BCUT2D eigenvalue weighted by atomic mass is 32.1. The second-order valence-electron chi connectivity index (χ2n) is 22.0. The lowest BCUT2D eigenvalue weighted by molar-refractivity contribution is -0.0217. The van der Waals surface area contributed by atoms with Gasteiger partial charge < -0.3 is 36.7 Å². The van der Waals surface area contributed by atoms with Crippen LogP contribution in [0.1, 0.15) is 112 Å². The number of ketones is 1. The number of aromatic hydroxyl groups is 1. The number of nitrogens with two attached hydrogens (primary N) is 1. The standard InChI is InChI=1S/C59H62N6O4S2/c1-4-7-40-12-15-47(70-40)48-16-17-49(71-48)54(68)45-20-23-57-22-19-44-52(58(32-59(44,45)31-57)21-6-10-38(58)30-66)35-11-13-41-37(26-51(57)65-55(60)61-3)25-46(67)42-14-18-50(64-53(41)42)56(2,69)28-36-9-5-8-34(24-35)43(36)27-39-29-62-33-63-39/h5,8-9,12,14-19,22,25,29,33,35,38,44-45,50-52,64,66-67,69H,6,10,20-21,23-24,26-28,30-32H2,1-3H3,(H,62,63)(H3,60,61,65). The average Bonchev–Trinajstić information content (AvgIpc) is 4.23. The molecule has 71 heavy (non-hydrogen) atoms. The number of phenols is 1. The van der Waals surface area contributed by atoms with Crippen LogP contribution in [-0.2, 0) is 25.7 Å².